The quantitative estimate of drug-likeness (QED) is 0.440. The second-order valence-electron chi connectivity index (χ2n) is 4.16. The minimum absolute atomic E-state index is 0.250. The van der Waals surface area contributed by atoms with Crippen LogP contribution < -0.4 is 0 Å². The maximum Gasteiger partial charge on any atom is 0.201 e. The van der Waals surface area contributed by atoms with Gasteiger partial charge < -0.3 is 25.5 Å². The van der Waals surface area contributed by atoms with Gasteiger partial charge in [0.05, 0.1) is 15.8 Å². The molecule has 5 N–H and O–H groups in total. The molecule has 3 rings (SSSR count). The molecule has 0 aliphatic carbocycles. The van der Waals surface area contributed by atoms with Crippen LogP contribution in [0.4, 0.5) is 0 Å². The van der Waals surface area contributed by atoms with Gasteiger partial charge in [-0.1, -0.05) is 0 Å². The fraction of sp³-hybridized carbons (Fsp3) is 0. The third-order valence-electron chi connectivity index (χ3n) is 2.85. The van der Waals surface area contributed by atoms with Crippen LogP contribution in [0.5, 0.6) is 28.7 Å². The summed E-state index contributed by atoms with van der Waals surface area (Å²) < 4.78 is 0.613. The molecule has 0 aliphatic heterocycles. The molecule has 0 atom stereocenters. The minimum atomic E-state index is -0.618. The van der Waals surface area contributed by atoms with Crippen molar-refractivity contribution in [3.05, 3.63) is 24.3 Å². The van der Waals surface area contributed by atoms with Crippen molar-refractivity contribution < 1.29 is 25.5 Å². The Kier molecular flexibility index (Phi) is 2.58. The number of aromatic nitrogens is 1. The number of phenolic OH excluding ortho intramolecular Hbond substituents is 5. The highest BCUT2D eigenvalue weighted by Crippen LogP contribution is 2.44. The van der Waals surface area contributed by atoms with Gasteiger partial charge in [-0.25, -0.2) is 4.98 Å². The number of rotatable bonds is 1. The highest BCUT2D eigenvalue weighted by atomic mass is 32.1. The summed E-state index contributed by atoms with van der Waals surface area (Å²) in [5.74, 6) is -2.06. The number of hydrogen-bond donors (Lipinski definition) is 5. The van der Waals surface area contributed by atoms with E-state index >= 15 is 0 Å². The molecule has 0 bridgehead atoms. The molecule has 1 aromatic heterocycles. The summed E-state index contributed by atoms with van der Waals surface area (Å²) in [7, 11) is 0. The Morgan fingerprint density at radius 2 is 1.50 bits per heavy atom. The lowest BCUT2D eigenvalue weighted by molar-refractivity contribution is 0.369. The van der Waals surface area contributed by atoms with Gasteiger partial charge in [0.15, 0.2) is 23.0 Å². The zero-order chi connectivity index (χ0) is 14.4. The lowest BCUT2D eigenvalue weighted by Gasteiger charge is -2.04. The molecule has 7 heteroatoms. The largest absolute Gasteiger partial charge is 0.504 e. The Balaban J connectivity index is 2.23. The first-order chi connectivity index (χ1) is 9.47. The second kappa shape index (κ2) is 4.17. The van der Waals surface area contributed by atoms with Crippen molar-refractivity contribution in [1.82, 2.24) is 4.98 Å². The molecule has 0 aliphatic rings. The van der Waals surface area contributed by atoms with Crippen LogP contribution in [-0.4, -0.2) is 30.5 Å². The highest BCUT2D eigenvalue weighted by Gasteiger charge is 2.16. The SMILES string of the molecule is Oc1cc2nc(-c3ccc(O)c(O)c3O)sc2cc1O. The molecule has 0 spiro atoms. The zero-order valence-corrected chi connectivity index (χ0v) is 10.7. The first kappa shape index (κ1) is 12.4. The van der Waals surface area contributed by atoms with Crippen LogP contribution in [0.1, 0.15) is 0 Å². The molecule has 102 valence electrons. The third kappa shape index (κ3) is 1.76. The summed E-state index contributed by atoms with van der Waals surface area (Å²) >= 11 is 1.17. The second-order valence-corrected chi connectivity index (χ2v) is 5.19. The van der Waals surface area contributed by atoms with Crippen LogP contribution in [0.2, 0.25) is 0 Å². The molecule has 20 heavy (non-hydrogen) atoms. The van der Waals surface area contributed by atoms with Gasteiger partial charge in [0.2, 0.25) is 5.75 Å². The maximum atomic E-state index is 9.82. The summed E-state index contributed by atoms with van der Waals surface area (Å²) in [5, 5.41) is 47.9. The molecule has 3 aromatic rings. The highest BCUT2D eigenvalue weighted by molar-refractivity contribution is 7.21. The fourth-order valence-corrected chi connectivity index (χ4v) is 2.82. The number of aromatic hydroxyl groups is 5. The molecular weight excluding hydrogens is 282 g/mol. The Morgan fingerprint density at radius 3 is 2.25 bits per heavy atom. The normalized spacial score (nSPS) is 11.0. The van der Waals surface area contributed by atoms with Crippen LogP contribution in [0.3, 0.4) is 0 Å². The molecule has 2 aromatic carbocycles. The molecule has 6 nitrogen and oxygen atoms in total. The van der Waals surface area contributed by atoms with E-state index in [9.17, 15) is 25.5 Å². The molecule has 0 radical (unpaired) electrons. The van der Waals surface area contributed by atoms with E-state index in [2.05, 4.69) is 4.98 Å². The predicted octanol–water partition coefficient (Wildman–Crippen LogP) is 2.49. The first-order valence-corrected chi connectivity index (χ1v) is 6.36. The summed E-state index contributed by atoms with van der Waals surface area (Å²) in [6.45, 7) is 0. The topological polar surface area (TPSA) is 114 Å². The lowest BCUT2D eigenvalue weighted by atomic mass is 10.2. The van der Waals surface area contributed by atoms with Crippen molar-refractivity contribution >= 4 is 21.6 Å². The summed E-state index contributed by atoms with van der Waals surface area (Å²) in [6.07, 6.45) is 0. The number of phenols is 5. The van der Waals surface area contributed by atoms with Crippen LogP contribution in [0, 0.1) is 0 Å². The van der Waals surface area contributed by atoms with Crippen LogP contribution >= 0.6 is 11.3 Å². The lowest BCUT2D eigenvalue weighted by Crippen LogP contribution is -1.79. The van der Waals surface area contributed by atoms with E-state index in [0.29, 0.717) is 15.2 Å². The van der Waals surface area contributed by atoms with E-state index in [0.717, 1.165) is 0 Å². The molecule has 0 amide bonds. The Hall–Kier alpha value is -2.67. The van der Waals surface area contributed by atoms with Crippen molar-refractivity contribution in [3.8, 4) is 39.3 Å². The van der Waals surface area contributed by atoms with Gasteiger partial charge in [0.25, 0.3) is 0 Å². The molecular formula is C13H9NO5S. The molecule has 0 unspecified atom stereocenters. The van der Waals surface area contributed by atoms with Crippen molar-refractivity contribution in [2.24, 2.45) is 0 Å². The van der Waals surface area contributed by atoms with E-state index in [-0.39, 0.29) is 17.1 Å². The van der Waals surface area contributed by atoms with Gasteiger partial charge in [-0.05, 0) is 12.1 Å². The van der Waals surface area contributed by atoms with Gasteiger partial charge in [-0.3, -0.25) is 0 Å². The van der Waals surface area contributed by atoms with Crippen LogP contribution in [-0.2, 0) is 0 Å². The Bertz CT molecular complexity index is 788. The van der Waals surface area contributed by atoms with Crippen molar-refractivity contribution in [2.75, 3.05) is 0 Å². The average molecular weight is 291 g/mol. The van der Waals surface area contributed by atoms with Crippen LogP contribution in [0.15, 0.2) is 24.3 Å². The van der Waals surface area contributed by atoms with Gasteiger partial charge in [0, 0.05) is 12.1 Å². The van der Waals surface area contributed by atoms with E-state index < -0.39 is 17.2 Å². The standard InChI is InChI=1S/C13H9NO5S/c15-7-2-1-5(11(18)12(7)19)13-14-6-3-8(16)9(17)4-10(6)20-13/h1-4,15-19H. The van der Waals surface area contributed by atoms with Crippen LogP contribution in [0.25, 0.3) is 20.8 Å². The third-order valence-corrected chi connectivity index (χ3v) is 3.90. The number of benzene rings is 2. The average Bonchev–Trinajstić information content (AvgIpc) is 2.79. The maximum absolute atomic E-state index is 9.82. The summed E-state index contributed by atoms with van der Waals surface area (Å²) in [5.41, 5.74) is 0.702. The summed E-state index contributed by atoms with van der Waals surface area (Å²) in [4.78, 5) is 4.21. The monoisotopic (exact) mass is 291 g/mol. The van der Waals surface area contributed by atoms with Crippen molar-refractivity contribution in [3.63, 3.8) is 0 Å². The number of hydrogen-bond acceptors (Lipinski definition) is 7. The first-order valence-electron chi connectivity index (χ1n) is 5.54. The molecule has 0 fully saturated rings. The van der Waals surface area contributed by atoms with Gasteiger partial charge >= 0.3 is 0 Å². The minimum Gasteiger partial charge on any atom is -0.504 e. The van der Waals surface area contributed by atoms with E-state index in [1.54, 1.807) is 0 Å². The van der Waals surface area contributed by atoms with Crippen molar-refractivity contribution in [1.29, 1.82) is 0 Å². The molecule has 0 saturated carbocycles. The summed E-state index contributed by atoms with van der Waals surface area (Å²) in [6, 6.07) is 5.33. The van der Waals surface area contributed by atoms with E-state index in [1.807, 2.05) is 0 Å². The van der Waals surface area contributed by atoms with E-state index in [4.69, 9.17) is 0 Å². The van der Waals surface area contributed by atoms with Crippen molar-refractivity contribution in [2.45, 2.75) is 0 Å². The number of thiazole rings is 1. The fourth-order valence-electron chi connectivity index (χ4n) is 1.81. The van der Waals surface area contributed by atoms with E-state index in [1.165, 1.54) is 35.6 Å². The molecule has 1 heterocycles. The Morgan fingerprint density at radius 1 is 0.800 bits per heavy atom. The zero-order valence-electron chi connectivity index (χ0n) is 9.90. The van der Waals surface area contributed by atoms with Gasteiger partial charge in [-0.15, -0.1) is 11.3 Å². The number of nitrogens with zero attached hydrogens (tertiary/aromatic N) is 1. The predicted molar refractivity (Wildman–Crippen MR) is 73.4 cm³/mol. The Labute approximate surface area is 116 Å². The van der Waals surface area contributed by atoms with Gasteiger partial charge in [-0.2, -0.15) is 0 Å². The van der Waals surface area contributed by atoms with Gasteiger partial charge in [0.1, 0.15) is 5.01 Å². The molecule has 0 saturated heterocycles. The number of fused-ring (bicyclic) bond motifs is 1. The smallest absolute Gasteiger partial charge is 0.201 e.